The fraction of sp³-hybridized carbons (Fsp3) is 0.300. The molecule has 25 heavy (non-hydrogen) atoms. The third kappa shape index (κ3) is 6.59. The van der Waals surface area contributed by atoms with Crippen LogP contribution in [0.1, 0.15) is 24.0 Å². The second kappa shape index (κ2) is 9.84. The quantitative estimate of drug-likeness (QED) is 0.672. The second-order valence-electron chi connectivity index (χ2n) is 5.75. The van der Waals surface area contributed by atoms with Crippen LogP contribution in [0, 0.1) is 0 Å². The van der Waals surface area contributed by atoms with E-state index in [1.807, 2.05) is 42.5 Å². The molecule has 0 N–H and O–H groups in total. The van der Waals surface area contributed by atoms with Crippen molar-refractivity contribution in [2.24, 2.45) is 0 Å². The second-order valence-corrected chi connectivity index (χ2v) is 6.19. The molecule has 0 bridgehead atoms. The molecule has 1 amide bonds. The monoisotopic (exact) mass is 359 g/mol. The van der Waals surface area contributed by atoms with Crippen molar-refractivity contribution in [2.45, 2.75) is 25.8 Å². The number of rotatable bonds is 8. The lowest BCUT2D eigenvalue weighted by Gasteiger charge is -2.22. The highest BCUT2D eigenvalue weighted by molar-refractivity contribution is 6.30. The number of hydrogen-bond donors (Lipinski definition) is 0. The largest absolute Gasteiger partial charge is 0.469 e. The van der Waals surface area contributed by atoms with Gasteiger partial charge in [-0.3, -0.25) is 9.59 Å². The number of ether oxygens (including phenoxy) is 1. The summed E-state index contributed by atoms with van der Waals surface area (Å²) in [5.41, 5.74) is 2.09. The summed E-state index contributed by atoms with van der Waals surface area (Å²) in [7, 11) is 1.35. The van der Waals surface area contributed by atoms with Gasteiger partial charge >= 0.3 is 5.97 Å². The van der Waals surface area contributed by atoms with E-state index in [1.165, 1.54) is 7.11 Å². The zero-order valence-electron chi connectivity index (χ0n) is 14.3. The number of methoxy groups -OCH3 is 1. The van der Waals surface area contributed by atoms with Gasteiger partial charge in [0, 0.05) is 24.5 Å². The van der Waals surface area contributed by atoms with Gasteiger partial charge in [-0.2, -0.15) is 0 Å². The summed E-state index contributed by atoms with van der Waals surface area (Å²) in [4.78, 5) is 25.8. The number of hydrogen-bond acceptors (Lipinski definition) is 3. The van der Waals surface area contributed by atoms with Gasteiger partial charge in [0.2, 0.25) is 5.91 Å². The van der Waals surface area contributed by atoms with Crippen molar-refractivity contribution in [1.82, 2.24) is 4.90 Å². The predicted molar refractivity (Wildman–Crippen MR) is 98.3 cm³/mol. The molecule has 2 aromatic carbocycles. The molecule has 5 heteroatoms. The van der Waals surface area contributed by atoms with E-state index in [9.17, 15) is 9.59 Å². The van der Waals surface area contributed by atoms with E-state index in [1.54, 1.807) is 17.0 Å². The van der Waals surface area contributed by atoms with Crippen LogP contribution in [-0.2, 0) is 27.3 Å². The molecule has 0 atom stereocenters. The van der Waals surface area contributed by atoms with Crippen molar-refractivity contribution >= 4 is 23.5 Å². The highest BCUT2D eigenvalue weighted by Crippen LogP contribution is 2.13. The number of carbonyl (C=O) groups excluding carboxylic acids is 2. The van der Waals surface area contributed by atoms with Gasteiger partial charge < -0.3 is 9.64 Å². The summed E-state index contributed by atoms with van der Waals surface area (Å²) in [5.74, 6) is -0.306. The highest BCUT2D eigenvalue weighted by Gasteiger charge is 2.16. The Balaban J connectivity index is 1.99. The number of amides is 1. The molecule has 0 unspecified atom stereocenters. The molecular weight excluding hydrogens is 338 g/mol. The number of esters is 1. The highest BCUT2D eigenvalue weighted by atomic mass is 35.5. The lowest BCUT2D eigenvalue weighted by atomic mass is 10.1. The van der Waals surface area contributed by atoms with Crippen molar-refractivity contribution in [2.75, 3.05) is 13.7 Å². The number of carbonyl (C=O) groups is 2. The van der Waals surface area contributed by atoms with Gasteiger partial charge in [-0.1, -0.05) is 54.1 Å². The van der Waals surface area contributed by atoms with E-state index in [0.29, 0.717) is 31.0 Å². The SMILES string of the molecule is COC(=O)CCN(Cc1ccc(Cl)cc1)C(=O)CCc1ccccc1. The molecule has 2 aromatic rings. The van der Waals surface area contributed by atoms with Crippen LogP contribution in [0.2, 0.25) is 5.02 Å². The van der Waals surface area contributed by atoms with Crippen molar-refractivity contribution < 1.29 is 14.3 Å². The van der Waals surface area contributed by atoms with Crippen LogP contribution in [-0.4, -0.2) is 30.4 Å². The molecule has 0 fully saturated rings. The molecule has 0 saturated heterocycles. The first-order valence-corrected chi connectivity index (χ1v) is 8.59. The van der Waals surface area contributed by atoms with Crippen molar-refractivity contribution in [3.05, 3.63) is 70.7 Å². The Bertz CT molecular complexity index is 686. The lowest BCUT2D eigenvalue weighted by molar-refractivity contribution is -0.141. The van der Waals surface area contributed by atoms with Crippen LogP contribution in [0.4, 0.5) is 0 Å². The maximum Gasteiger partial charge on any atom is 0.307 e. The number of benzene rings is 2. The van der Waals surface area contributed by atoms with Crippen LogP contribution < -0.4 is 0 Å². The lowest BCUT2D eigenvalue weighted by Crippen LogP contribution is -2.33. The standard InChI is InChI=1S/C20H22ClNO3/c1-25-20(24)13-14-22(15-17-7-10-18(21)11-8-17)19(23)12-9-16-5-3-2-4-6-16/h2-8,10-11H,9,12-15H2,1H3. The van der Waals surface area contributed by atoms with Gasteiger partial charge in [0.15, 0.2) is 0 Å². The van der Waals surface area contributed by atoms with Crippen LogP contribution >= 0.6 is 11.6 Å². The molecule has 0 saturated carbocycles. The van der Waals surface area contributed by atoms with Crippen LogP contribution in [0.3, 0.4) is 0 Å². The average molecular weight is 360 g/mol. The van der Waals surface area contributed by atoms with Gasteiger partial charge in [0.25, 0.3) is 0 Å². The summed E-state index contributed by atoms with van der Waals surface area (Å²) in [6.45, 7) is 0.782. The molecule has 0 aromatic heterocycles. The fourth-order valence-corrected chi connectivity index (χ4v) is 2.61. The third-order valence-electron chi connectivity index (χ3n) is 3.92. The minimum atomic E-state index is -0.322. The maximum absolute atomic E-state index is 12.6. The molecule has 0 spiro atoms. The molecule has 0 aliphatic carbocycles. The van der Waals surface area contributed by atoms with Gasteiger partial charge in [0.1, 0.15) is 0 Å². The van der Waals surface area contributed by atoms with E-state index >= 15 is 0 Å². The van der Waals surface area contributed by atoms with E-state index in [2.05, 4.69) is 4.74 Å². The van der Waals surface area contributed by atoms with Gasteiger partial charge in [-0.15, -0.1) is 0 Å². The Hall–Kier alpha value is -2.33. The van der Waals surface area contributed by atoms with Crippen LogP contribution in [0.25, 0.3) is 0 Å². The Kier molecular flexibility index (Phi) is 7.48. The first kappa shape index (κ1) is 19.0. The van der Waals surface area contributed by atoms with Crippen molar-refractivity contribution in [3.63, 3.8) is 0 Å². The van der Waals surface area contributed by atoms with Gasteiger partial charge in [-0.25, -0.2) is 0 Å². The smallest absolute Gasteiger partial charge is 0.307 e. The normalized spacial score (nSPS) is 10.3. The predicted octanol–water partition coefficient (Wildman–Crippen LogP) is 3.86. The Labute approximate surface area is 153 Å². The minimum absolute atomic E-state index is 0.0164. The summed E-state index contributed by atoms with van der Waals surface area (Å²) >= 11 is 5.91. The van der Waals surface area contributed by atoms with Gasteiger partial charge in [-0.05, 0) is 29.7 Å². The zero-order valence-corrected chi connectivity index (χ0v) is 15.0. The Morgan fingerprint density at radius 3 is 2.28 bits per heavy atom. The number of nitrogens with zero attached hydrogens (tertiary/aromatic N) is 1. The molecule has 0 aliphatic heterocycles. The molecule has 4 nitrogen and oxygen atoms in total. The zero-order chi connectivity index (χ0) is 18.1. The number of halogens is 1. The molecule has 0 aliphatic rings. The molecule has 0 radical (unpaired) electrons. The van der Waals surface area contributed by atoms with E-state index in [4.69, 9.17) is 11.6 Å². The van der Waals surface area contributed by atoms with Crippen molar-refractivity contribution in [1.29, 1.82) is 0 Å². The number of aryl methyl sites for hydroxylation is 1. The first-order chi connectivity index (χ1) is 12.1. The Morgan fingerprint density at radius 2 is 1.64 bits per heavy atom. The third-order valence-corrected chi connectivity index (χ3v) is 4.18. The Morgan fingerprint density at radius 1 is 0.960 bits per heavy atom. The summed E-state index contributed by atoms with van der Waals surface area (Å²) in [5, 5.41) is 0.653. The molecule has 2 rings (SSSR count). The van der Waals surface area contributed by atoms with E-state index < -0.39 is 0 Å². The molecular formula is C20H22ClNO3. The fourth-order valence-electron chi connectivity index (χ4n) is 2.48. The summed E-state index contributed by atoms with van der Waals surface area (Å²) in [6, 6.07) is 17.2. The van der Waals surface area contributed by atoms with Gasteiger partial charge in [0.05, 0.1) is 13.5 Å². The summed E-state index contributed by atoms with van der Waals surface area (Å²) < 4.78 is 4.68. The minimum Gasteiger partial charge on any atom is -0.469 e. The molecule has 0 heterocycles. The van der Waals surface area contributed by atoms with Crippen LogP contribution in [0.5, 0.6) is 0 Å². The van der Waals surface area contributed by atoms with E-state index in [-0.39, 0.29) is 18.3 Å². The summed E-state index contributed by atoms with van der Waals surface area (Å²) in [6.07, 6.45) is 1.26. The first-order valence-electron chi connectivity index (χ1n) is 8.21. The maximum atomic E-state index is 12.6. The molecule has 132 valence electrons. The van der Waals surface area contributed by atoms with Crippen LogP contribution in [0.15, 0.2) is 54.6 Å². The topological polar surface area (TPSA) is 46.6 Å². The van der Waals surface area contributed by atoms with E-state index in [0.717, 1.165) is 11.1 Å². The average Bonchev–Trinajstić information content (AvgIpc) is 2.65. The van der Waals surface area contributed by atoms with Crippen molar-refractivity contribution in [3.8, 4) is 0 Å².